The summed E-state index contributed by atoms with van der Waals surface area (Å²) in [6, 6.07) is 2.57. The minimum absolute atomic E-state index is 0.200. The van der Waals surface area contributed by atoms with Crippen LogP contribution >= 0.6 is 0 Å². The molecule has 2 rings (SSSR count). The maximum Gasteiger partial charge on any atom is 0.425 e. The molecule has 1 aromatic rings. The second-order valence-electron chi connectivity index (χ2n) is 5.12. The lowest BCUT2D eigenvalue weighted by Crippen LogP contribution is -2.66. The highest BCUT2D eigenvalue weighted by Gasteiger charge is 2.69. The number of allylic oxidation sites excluding steroid dienone is 1. The number of esters is 1. The molecular formula is C15H14F3N3O4. The number of rotatable bonds is 4. The Balaban J connectivity index is 2.55. The molecule has 0 unspecified atom stereocenters. The van der Waals surface area contributed by atoms with Crippen molar-refractivity contribution in [3.63, 3.8) is 0 Å². The number of carbonyl (C=O) groups is 3. The molecule has 7 nitrogen and oxygen atoms in total. The Hall–Kier alpha value is -2.91. The normalized spacial score (nSPS) is 20.3. The summed E-state index contributed by atoms with van der Waals surface area (Å²) in [5, 5.41) is 3.59. The Morgan fingerprint density at radius 2 is 2.08 bits per heavy atom. The van der Waals surface area contributed by atoms with Gasteiger partial charge in [0.15, 0.2) is 0 Å². The molecule has 0 fully saturated rings. The Labute approximate surface area is 140 Å². The van der Waals surface area contributed by atoms with E-state index in [1.54, 1.807) is 5.32 Å². The van der Waals surface area contributed by atoms with Crippen molar-refractivity contribution in [3.05, 3.63) is 41.4 Å². The molecule has 10 heteroatoms. The van der Waals surface area contributed by atoms with Gasteiger partial charge in [-0.1, -0.05) is 0 Å². The molecule has 25 heavy (non-hydrogen) atoms. The number of amides is 2. The largest absolute Gasteiger partial charge is 0.462 e. The van der Waals surface area contributed by atoms with Crippen LogP contribution in [0.25, 0.3) is 0 Å². The molecule has 0 aliphatic carbocycles. The molecule has 0 saturated heterocycles. The molecular weight excluding hydrogens is 343 g/mol. The van der Waals surface area contributed by atoms with Gasteiger partial charge in [0, 0.05) is 18.1 Å². The van der Waals surface area contributed by atoms with E-state index in [2.05, 4.69) is 9.72 Å². The number of pyridine rings is 1. The lowest BCUT2D eigenvalue weighted by Gasteiger charge is -2.31. The SMILES string of the molecule is CCOC(=O)C1=C(C)NC(=O)[C@]1(NC(=O)c1cccnc1)C(F)(F)F. The number of hydrogen-bond acceptors (Lipinski definition) is 5. The van der Waals surface area contributed by atoms with Crippen LogP contribution in [-0.2, 0) is 14.3 Å². The second kappa shape index (κ2) is 6.54. The van der Waals surface area contributed by atoms with Gasteiger partial charge < -0.3 is 15.4 Å². The fraction of sp³-hybridized carbons (Fsp3) is 0.333. The van der Waals surface area contributed by atoms with Crippen LogP contribution in [0.3, 0.4) is 0 Å². The average molecular weight is 357 g/mol. The summed E-state index contributed by atoms with van der Waals surface area (Å²) >= 11 is 0. The number of carbonyl (C=O) groups excluding carboxylic acids is 3. The number of nitrogens with zero attached hydrogens (tertiary/aromatic N) is 1. The Morgan fingerprint density at radius 1 is 1.40 bits per heavy atom. The molecule has 134 valence electrons. The van der Waals surface area contributed by atoms with E-state index in [4.69, 9.17) is 0 Å². The minimum atomic E-state index is -5.28. The quantitative estimate of drug-likeness (QED) is 0.786. The predicted molar refractivity (Wildman–Crippen MR) is 78.0 cm³/mol. The first-order chi connectivity index (χ1) is 11.6. The highest BCUT2D eigenvalue weighted by atomic mass is 19.4. The average Bonchev–Trinajstić information content (AvgIpc) is 2.79. The van der Waals surface area contributed by atoms with Gasteiger partial charge in [-0.15, -0.1) is 0 Å². The zero-order chi connectivity index (χ0) is 18.8. The van der Waals surface area contributed by atoms with E-state index < -0.39 is 35.1 Å². The Bertz CT molecular complexity index is 746. The third-order valence-corrected chi connectivity index (χ3v) is 3.52. The maximum atomic E-state index is 13.8. The maximum absolute atomic E-state index is 13.8. The van der Waals surface area contributed by atoms with Crippen LogP contribution in [0, 0.1) is 0 Å². The van der Waals surface area contributed by atoms with E-state index in [1.807, 2.05) is 5.32 Å². The predicted octanol–water partition coefficient (Wildman–Crippen LogP) is 1.08. The van der Waals surface area contributed by atoms with Crippen molar-refractivity contribution in [2.75, 3.05) is 6.61 Å². The summed E-state index contributed by atoms with van der Waals surface area (Å²) < 4.78 is 46.1. The number of aromatic nitrogens is 1. The summed E-state index contributed by atoms with van der Waals surface area (Å²) in [6.45, 7) is 2.32. The topological polar surface area (TPSA) is 97.4 Å². The lowest BCUT2D eigenvalue weighted by atomic mass is 9.89. The number of halogens is 3. The minimum Gasteiger partial charge on any atom is -0.462 e. The van der Waals surface area contributed by atoms with Crippen LogP contribution < -0.4 is 10.6 Å². The fourth-order valence-corrected chi connectivity index (χ4v) is 2.43. The first kappa shape index (κ1) is 18.4. The highest BCUT2D eigenvalue weighted by molar-refractivity contribution is 6.11. The number of hydrogen-bond donors (Lipinski definition) is 2. The number of nitrogens with one attached hydrogen (secondary N) is 2. The van der Waals surface area contributed by atoms with Gasteiger partial charge in [-0.2, -0.15) is 13.2 Å². The van der Waals surface area contributed by atoms with Crippen LogP contribution in [0.4, 0.5) is 13.2 Å². The van der Waals surface area contributed by atoms with Crippen molar-refractivity contribution in [1.82, 2.24) is 15.6 Å². The van der Waals surface area contributed by atoms with Crippen molar-refractivity contribution < 1.29 is 32.3 Å². The van der Waals surface area contributed by atoms with Gasteiger partial charge in [-0.25, -0.2) is 4.79 Å². The molecule has 2 N–H and O–H groups in total. The summed E-state index contributed by atoms with van der Waals surface area (Å²) in [5.41, 5.74) is -5.08. The van der Waals surface area contributed by atoms with E-state index in [1.165, 1.54) is 25.3 Å². The third kappa shape index (κ3) is 3.06. The molecule has 1 aliphatic rings. The zero-order valence-corrected chi connectivity index (χ0v) is 13.2. The van der Waals surface area contributed by atoms with Gasteiger partial charge in [-0.05, 0) is 26.0 Å². The van der Waals surface area contributed by atoms with Crippen LogP contribution in [-0.4, -0.2) is 41.1 Å². The summed E-state index contributed by atoms with van der Waals surface area (Å²) in [7, 11) is 0. The van der Waals surface area contributed by atoms with Gasteiger partial charge in [0.1, 0.15) is 5.57 Å². The molecule has 1 atom stereocenters. The van der Waals surface area contributed by atoms with E-state index in [0.29, 0.717) is 0 Å². The van der Waals surface area contributed by atoms with Crippen molar-refractivity contribution in [3.8, 4) is 0 Å². The number of alkyl halides is 3. The van der Waals surface area contributed by atoms with Crippen molar-refractivity contribution in [2.45, 2.75) is 25.6 Å². The lowest BCUT2D eigenvalue weighted by molar-refractivity contribution is -0.189. The number of ether oxygens (including phenoxy) is 1. The van der Waals surface area contributed by atoms with Gasteiger partial charge in [-0.3, -0.25) is 14.6 Å². The van der Waals surface area contributed by atoms with Crippen LogP contribution in [0.2, 0.25) is 0 Å². The third-order valence-electron chi connectivity index (χ3n) is 3.52. The molecule has 1 aliphatic heterocycles. The summed E-state index contributed by atoms with van der Waals surface area (Å²) in [5.74, 6) is -4.14. The van der Waals surface area contributed by atoms with Gasteiger partial charge in [0.25, 0.3) is 11.8 Å². The van der Waals surface area contributed by atoms with Gasteiger partial charge in [0.2, 0.25) is 5.54 Å². The Morgan fingerprint density at radius 3 is 2.60 bits per heavy atom. The monoisotopic (exact) mass is 357 g/mol. The molecule has 1 aromatic heterocycles. The van der Waals surface area contributed by atoms with Crippen molar-refractivity contribution in [2.24, 2.45) is 0 Å². The zero-order valence-electron chi connectivity index (χ0n) is 13.2. The molecule has 0 bridgehead atoms. The van der Waals surface area contributed by atoms with Gasteiger partial charge >= 0.3 is 12.1 Å². The first-order valence-electron chi connectivity index (χ1n) is 7.14. The van der Waals surface area contributed by atoms with Crippen molar-refractivity contribution >= 4 is 17.8 Å². The van der Waals surface area contributed by atoms with E-state index in [-0.39, 0.29) is 17.9 Å². The Kier molecular flexibility index (Phi) is 4.82. The molecule has 0 spiro atoms. The molecule has 2 heterocycles. The first-order valence-corrected chi connectivity index (χ1v) is 7.14. The smallest absolute Gasteiger partial charge is 0.425 e. The van der Waals surface area contributed by atoms with Crippen LogP contribution in [0.5, 0.6) is 0 Å². The highest BCUT2D eigenvalue weighted by Crippen LogP contribution is 2.41. The van der Waals surface area contributed by atoms with Gasteiger partial charge in [0.05, 0.1) is 12.2 Å². The van der Waals surface area contributed by atoms with Crippen LogP contribution in [0.1, 0.15) is 24.2 Å². The van der Waals surface area contributed by atoms with E-state index >= 15 is 0 Å². The summed E-state index contributed by atoms with van der Waals surface area (Å²) in [6.07, 6.45) is -2.92. The molecule has 0 radical (unpaired) electrons. The van der Waals surface area contributed by atoms with E-state index in [0.717, 1.165) is 13.1 Å². The molecule has 2 amide bonds. The second-order valence-corrected chi connectivity index (χ2v) is 5.12. The molecule has 0 saturated carbocycles. The standard InChI is InChI=1S/C15H14F3N3O4/c1-3-25-12(23)10-8(2)20-13(24)14(10,15(16,17)18)21-11(22)9-5-4-6-19-7-9/h4-7H,3H2,1-2H3,(H,20,24)(H,21,22)/t14-/m0/s1. The summed E-state index contributed by atoms with van der Waals surface area (Å²) in [4.78, 5) is 40.0. The van der Waals surface area contributed by atoms with E-state index in [9.17, 15) is 27.6 Å². The molecule has 0 aromatic carbocycles. The van der Waals surface area contributed by atoms with Crippen molar-refractivity contribution in [1.29, 1.82) is 0 Å². The fourth-order valence-electron chi connectivity index (χ4n) is 2.43. The van der Waals surface area contributed by atoms with Crippen LogP contribution in [0.15, 0.2) is 35.8 Å².